The third-order valence-electron chi connectivity index (χ3n) is 6.02. The second-order valence-corrected chi connectivity index (χ2v) is 12.6. The van der Waals surface area contributed by atoms with Gasteiger partial charge in [0, 0.05) is 0 Å². The van der Waals surface area contributed by atoms with Gasteiger partial charge in [0.25, 0.3) is 0 Å². The zero-order chi connectivity index (χ0) is 25.1. The van der Waals surface area contributed by atoms with Crippen molar-refractivity contribution >= 4 is 7.60 Å². The summed E-state index contributed by atoms with van der Waals surface area (Å²) in [6, 6.07) is 0. The van der Waals surface area contributed by atoms with Crippen LogP contribution in [-0.4, -0.2) is 52.4 Å². The van der Waals surface area contributed by atoms with Crippen LogP contribution in [0.15, 0.2) is 24.3 Å². The van der Waals surface area contributed by atoms with Gasteiger partial charge in [-0.1, -0.05) is 82.6 Å². The van der Waals surface area contributed by atoms with Crippen molar-refractivity contribution in [3.63, 3.8) is 0 Å². The van der Waals surface area contributed by atoms with Crippen LogP contribution in [0.1, 0.15) is 116 Å². The Bertz CT molecular complexity index is 565. The lowest BCUT2D eigenvalue weighted by molar-refractivity contribution is -0.875. The summed E-state index contributed by atoms with van der Waals surface area (Å²) in [4.78, 5) is 19.2. The number of quaternary nitrogens is 1. The zero-order valence-corrected chi connectivity index (χ0v) is 23.1. The number of hydrogen-bond donors (Lipinski definition) is 3. The molecule has 5 nitrogen and oxygen atoms in total. The quantitative estimate of drug-likeness (QED) is 0.0645. The first-order chi connectivity index (χ1) is 15.5. The second-order valence-electron chi connectivity index (χ2n) is 10.7. The van der Waals surface area contributed by atoms with Crippen molar-refractivity contribution in [1.82, 2.24) is 0 Å². The van der Waals surface area contributed by atoms with Crippen molar-refractivity contribution in [2.45, 2.75) is 121 Å². The summed E-state index contributed by atoms with van der Waals surface area (Å²) in [6.07, 6.45) is 28.3. The Kier molecular flexibility index (Phi) is 18.6. The molecule has 1 atom stereocenters. The lowest BCUT2D eigenvalue weighted by Gasteiger charge is -2.35. The highest BCUT2D eigenvalue weighted by atomic mass is 31.2. The molecule has 0 radical (unpaired) electrons. The summed E-state index contributed by atoms with van der Waals surface area (Å²) in [5, 5.41) is 8.63. The fourth-order valence-corrected chi connectivity index (χ4v) is 5.20. The van der Waals surface area contributed by atoms with Gasteiger partial charge >= 0.3 is 7.60 Å². The van der Waals surface area contributed by atoms with Crippen LogP contribution in [0.4, 0.5) is 0 Å². The van der Waals surface area contributed by atoms with Crippen molar-refractivity contribution in [2.24, 2.45) is 0 Å². The summed E-state index contributed by atoms with van der Waals surface area (Å²) in [6.45, 7) is 2.30. The van der Waals surface area contributed by atoms with Crippen LogP contribution in [-0.2, 0) is 4.57 Å². The predicted molar refractivity (Wildman–Crippen MR) is 142 cm³/mol. The van der Waals surface area contributed by atoms with Gasteiger partial charge < -0.3 is 19.4 Å². The Morgan fingerprint density at radius 2 is 1.06 bits per heavy atom. The highest BCUT2D eigenvalue weighted by molar-refractivity contribution is 7.53. The molecule has 0 saturated carbocycles. The molecule has 0 rings (SSSR count). The number of rotatable bonds is 22. The first-order valence-electron chi connectivity index (χ1n) is 13.4. The minimum absolute atomic E-state index is 0.0574. The number of allylic oxidation sites excluding steroid dienone is 4. The normalized spacial score (nSPS) is 15.0. The monoisotopic (exact) mass is 488 g/mol. The topological polar surface area (TPSA) is 77.8 Å². The molecule has 0 heterocycles. The summed E-state index contributed by atoms with van der Waals surface area (Å²) < 4.78 is 12.1. The van der Waals surface area contributed by atoms with Crippen molar-refractivity contribution in [1.29, 1.82) is 0 Å². The summed E-state index contributed by atoms with van der Waals surface area (Å²) in [5.41, 5.74) is 0. The molecule has 1 unspecified atom stereocenters. The van der Waals surface area contributed by atoms with Gasteiger partial charge in [0.2, 0.25) is 5.34 Å². The average Bonchev–Trinajstić information content (AvgIpc) is 2.70. The molecule has 33 heavy (non-hydrogen) atoms. The first-order valence-corrected chi connectivity index (χ1v) is 15.0. The number of nitrogens with zero attached hydrogens (tertiary/aromatic N) is 1. The molecule has 0 aliphatic heterocycles. The maximum Gasteiger partial charge on any atom is 0.362 e. The van der Waals surface area contributed by atoms with Crippen molar-refractivity contribution in [3.8, 4) is 0 Å². The molecule has 196 valence electrons. The zero-order valence-electron chi connectivity index (χ0n) is 22.2. The number of aliphatic hydroxyl groups is 1. The molecule has 0 amide bonds. The molecule has 0 fully saturated rings. The van der Waals surface area contributed by atoms with Gasteiger partial charge in [-0.15, -0.1) is 0 Å². The third-order valence-corrected chi connectivity index (χ3v) is 7.47. The van der Waals surface area contributed by atoms with E-state index in [1.165, 1.54) is 77.0 Å². The van der Waals surface area contributed by atoms with Gasteiger partial charge in [0.15, 0.2) is 0 Å². The molecule has 0 spiro atoms. The van der Waals surface area contributed by atoms with E-state index >= 15 is 0 Å². The predicted octanol–water partition coefficient (Wildman–Crippen LogP) is 7.32. The van der Waals surface area contributed by atoms with Crippen LogP contribution in [0.3, 0.4) is 0 Å². The van der Waals surface area contributed by atoms with E-state index < -0.39 is 12.9 Å². The Labute approximate surface area is 205 Å². The highest BCUT2D eigenvalue weighted by Gasteiger charge is 2.48. The minimum Gasteiger partial charge on any atom is -0.373 e. The molecular formula is C27H55NO4P+. The Hall–Kier alpha value is -0.450. The fraction of sp³-hybridized carbons (Fsp3) is 0.852. The van der Waals surface area contributed by atoms with Crippen molar-refractivity contribution in [3.05, 3.63) is 24.3 Å². The lowest BCUT2D eigenvalue weighted by Crippen LogP contribution is -2.49. The number of likely N-dealkylation sites (N-methyl/N-ethyl adjacent to an activating group) is 1. The lowest BCUT2D eigenvalue weighted by atomic mass is 10.0. The second kappa shape index (κ2) is 18.8. The van der Waals surface area contributed by atoms with Crippen LogP contribution < -0.4 is 0 Å². The highest BCUT2D eigenvalue weighted by Crippen LogP contribution is 2.52. The third kappa shape index (κ3) is 19.5. The maximum absolute atomic E-state index is 11.8. The average molecular weight is 489 g/mol. The molecule has 0 aromatic heterocycles. The van der Waals surface area contributed by atoms with E-state index in [0.29, 0.717) is 10.9 Å². The van der Waals surface area contributed by atoms with E-state index in [0.717, 1.165) is 19.3 Å². The molecule has 0 saturated heterocycles. The van der Waals surface area contributed by atoms with Gasteiger partial charge in [-0.3, -0.25) is 4.57 Å². The minimum atomic E-state index is -4.55. The molecule has 0 aliphatic carbocycles. The largest absolute Gasteiger partial charge is 0.373 e. The van der Waals surface area contributed by atoms with Gasteiger partial charge in [-0.25, -0.2) is 0 Å². The van der Waals surface area contributed by atoms with Crippen molar-refractivity contribution < 1.29 is 23.9 Å². The molecule has 0 aliphatic rings. The van der Waals surface area contributed by atoms with E-state index in [1.807, 2.05) is 21.1 Å². The van der Waals surface area contributed by atoms with E-state index in [2.05, 4.69) is 31.2 Å². The van der Waals surface area contributed by atoms with E-state index in [1.54, 1.807) is 0 Å². The standard InChI is InChI=1S/C27H54NO4P/c1-5-6-7-8-9-10-11-12-13-14-15-16-17-18-19-20-21-22-23-24-25-27(29,33(30,31)32)26-28(2,3)4/h9-10,14-15,29H,5-8,11-13,16-26H2,1-4H3,(H-,30,31,32)/p+1/b10-9-,15-14-. The number of hydrogen-bond acceptors (Lipinski definition) is 2. The van der Waals surface area contributed by atoms with Crippen LogP contribution in [0.2, 0.25) is 0 Å². The molecule has 3 N–H and O–H groups in total. The van der Waals surface area contributed by atoms with Crippen LogP contribution in [0, 0.1) is 0 Å². The Balaban J connectivity index is 3.62. The SMILES string of the molecule is CCCCC/C=C\CCC/C=C\CCCCCCCCCCC(O)(C[N+](C)(C)C)P(=O)(O)O. The smallest absolute Gasteiger partial charge is 0.362 e. The van der Waals surface area contributed by atoms with Gasteiger partial charge in [0.05, 0.1) is 21.1 Å². The van der Waals surface area contributed by atoms with Gasteiger partial charge in [-0.2, -0.15) is 0 Å². The van der Waals surface area contributed by atoms with Crippen LogP contribution in [0.25, 0.3) is 0 Å². The molecule has 6 heteroatoms. The molecule has 0 aromatic rings. The van der Waals surface area contributed by atoms with E-state index in [-0.39, 0.29) is 13.0 Å². The molecule has 0 bridgehead atoms. The summed E-state index contributed by atoms with van der Waals surface area (Å²) in [7, 11) is 0.968. The fourth-order valence-electron chi connectivity index (χ4n) is 4.14. The Morgan fingerprint density at radius 1 is 0.667 bits per heavy atom. The first kappa shape index (κ1) is 32.5. The summed E-state index contributed by atoms with van der Waals surface area (Å²) >= 11 is 0. The van der Waals surface area contributed by atoms with Crippen LogP contribution >= 0.6 is 7.60 Å². The van der Waals surface area contributed by atoms with Gasteiger partial charge in [0.1, 0.15) is 6.54 Å². The van der Waals surface area contributed by atoms with E-state index in [9.17, 15) is 19.5 Å². The molecular weight excluding hydrogens is 433 g/mol. The summed E-state index contributed by atoms with van der Waals surface area (Å²) in [5.74, 6) is 0. The van der Waals surface area contributed by atoms with Gasteiger partial charge in [-0.05, 0) is 57.8 Å². The van der Waals surface area contributed by atoms with Crippen molar-refractivity contribution in [2.75, 3.05) is 27.7 Å². The maximum atomic E-state index is 11.8. The van der Waals surface area contributed by atoms with Crippen LogP contribution in [0.5, 0.6) is 0 Å². The Morgan fingerprint density at radius 3 is 1.48 bits per heavy atom. The van der Waals surface area contributed by atoms with E-state index in [4.69, 9.17) is 0 Å². The molecule has 0 aromatic carbocycles. The number of unbranched alkanes of at least 4 members (excludes halogenated alkanes) is 13.